The van der Waals surface area contributed by atoms with Crippen LogP contribution in [0.4, 0.5) is 5.69 Å². The zero-order valence-electron chi connectivity index (χ0n) is 13.4. The molecule has 120 valence electrons. The number of nitrogens with two attached hydrogens (primary N) is 1. The monoisotopic (exact) mass is 301 g/mol. The Bertz CT molecular complexity index is 518. The molecule has 0 spiro atoms. The molecule has 0 amide bonds. The fourth-order valence-corrected chi connectivity index (χ4v) is 3.86. The van der Waals surface area contributed by atoms with Gasteiger partial charge in [-0.1, -0.05) is 18.9 Å². The minimum atomic E-state index is 0.00394. The molecule has 0 radical (unpaired) electrons. The summed E-state index contributed by atoms with van der Waals surface area (Å²) in [5.74, 6) is 0.414. The number of ether oxygens (including phenoxy) is 1. The van der Waals surface area contributed by atoms with E-state index in [2.05, 4.69) is 12.1 Å². The average molecular weight is 301 g/mol. The highest BCUT2D eigenvalue weighted by atomic mass is 16.5. The maximum atomic E-state index is 12.2. The molecule has 3 heteroatoms. The summed E-state index contributed by atoms with van der Waals surface area (Å²) >= 11 is 0. The lowest BCUT2D eigenvalue weighted by atomic mass is 9.82. The number of carbonyl (C=O) groups is 1. The van der Waals surface area contributed by atoms with Crippen LogP contribution in [-0.2, 0) is 22.4 Å². The number of anilines is 1. The summed E-state index contributed by atoms with van der Waals surface area (Å²) in [7, 11) is 0. The van der Waals surface area contributed by atoms with Crippen molar-refractivity contribution in [3.8, 4) is 0 Å². The highest BCUT2D eigenvalue weighted by Crippen LogP contribution is 2.29. The number of esters is 1. The molecule has 2 aliphatic carbocycles. The predicted molar refractivity (Wildman–Crippen MR) is 88.6 cm³/mol. The first-order valence-corrected chi connectivity index (χ1v) is 8.77. The zero-order chi connectivity index (χ0) is 15.4. The van der Waals surface area contributed by atoms with Crippen LogP contribution in [0.5, 0.6) is 0 Å². The van der Waals surface area contributed by atoms with Crippen LogP contribution in [0, 0.1) is 5.92 Å². The number of benzene rings is 1. The highest BCUT2D eigenvalue weighted by molar-refractivity contribution is 5.70. The third-order valence-corrected chi connectivity index (χ3v) is 5.12. The van der Waals surface area contributed by atoms with Crippen molar-refractivity contribution in [1.29, 1.82) is 0 Å². The van der Waals surface area contributed by atoms with Crippen molar-refractivity contribution in [1.82, 2.24) is 0 Å². The van der Waals surface area contributed by atoms with E-state index in [1.807, 2.05) is 6.07 Å². The molecule has 1 fully saturated rings. The van der Waals surface area contributed by atoms with Gasteiger partial charge in [-0.25, -0.2) is 0 Å². The maximum absolute atomic E-state index is 12.2. The Labute approximate surface area is 133 Å². The van der Waals surface area contributed by atoms with Crippen LogP contribution in [0.15, 0.2) is 18.2 Å². The van der Waals surface area contributed by atoms with E-state index in [-0.39, 0.29) is 12.1 Å². The van der Waals surface area contributed by atoms with Crippen molar-refractivity contribution in [3.63, 3.8) is 0 Å². The summed E-state index contributed by atoms with van der Waals surface area (Å²) in [4.78, 5) is 12.2. The van der Waals surface area contributed by atoms with Gasteiger partial charge < -0.3 is 10.5 Å². The predicted octanol–water partition coefficient (Wildman–Crippen LogP) is 4.03. The van der Waals surface area contributed by atoms with Gasteiger partial charge >= 0.3 is 5.97 Å². The maximum Gasteiger partial charge on any atom is 0.306 e. The Morgan fingerprint density at radius 1 is 1.09 bits per heavy atom. The second-order valence-electron chi connectivity index (χ2n) is 6.94. The van der Waals surface area contributed by atoms with E-state index < -0.39 is 0 Å². The van der Waals surface area contributed by atoms with Crippen molar-refractivity contribution in [3.05, 3.63) is 29.3 Å². The standard InChI is InChI=1S/C19H27NO2/c20-17-10-9-15-8-7-14(11-16(15)13-17)12-19(21)22-18-5-3-1-2-4-6-18/h9-10,13-14,18H,1-8,11-12,20H2. The summed E-state index contributed by atoms with van der Waals surface area (Å²) in [5.41, 5.74) is 9.40. The topological polar surface area (TPSA) is 52.3 Å². The number of fused-ring (bicyclic) bond motifs is 1. The van der Waals surface area contributed by atoms with Crippen molar-refractivity contribution in [2.75, 3.05) is 5.73 Å². The van der Waals surface area contributed by atoms with Crippen molar-refractivity contribution < 1.29 is 9.53 Å². The van der Waals surface area contributed by atoms with Crippen LogP contribution in [0.3, 0.4) is 0 Å². The number of carbonyl (C=O) groups excluding carboxylic acids is 1. The van der Waals surface area contributed by atoms with Gasteiger partial charge in [0.2, 0.25) is 0 Å². The molecule has 0 aliphatic heterocycles. The lowest BCUT2D eigenvalue weighted by Crippen LogP contribution is -2.23. The third kappa shape index (κ3) is 4.02. The number of nitrogen functional groups attached to an aromatic ring is 1. The summed E-state index contributed by atoms with van der Waals surface area (Å²) in [6.45, 7) is 0. The SMILES string of the molecule is Nc1ccc2c(c1)CC(CC(=O)OC1CCCCCC1)CC2. The summed E-state index contributed by atoms with van der Waals surface area (Å²) in [6, 6.07) is 6.17. The van der Waals surface area contributed by atoms with Gasteiger partial charge in [-0.2, -0.15) is 0 Å². The number of hydrogen-bond acceptors (Lipinski definition) is 3. The van der Waals surface area contributed by atoms with Crippen LogP contribution in [0.1, 0.15) is 62.5 Å². The van der Waals surface area contributed by atoms with Crippen LogP contribution >= 0.6 is 0 Å². The molecule has 0 heterocycles. The van der Waals surface area contributed by atoms with Gasteiger partial charge in [0.25, 0.3) is 0 Å². The first-order chi connectivity index (χ1) is 10.7. The molecule has 3 rings (SSSR count). The molecule has 0 saturated heterocycles. The second-order valence-corrected chi connectivity index (χ2v) is 6.94. The first-order valence-electron chi connectivity index (χ1n) is 8.77. The van der Waals surface area contributed by atoms with E-state index in [1.54, 1.807) is 0 Å². The number of rotatable bonds is 3. The first kappa shape index (κ1) is 15.4. The lowest BCUT2D eigenvalue weighted by molar-refractivity contribution is -0.150. The number of hydrogen-bond donors (Lipinski definition) is 1. The van der Waals surface area contributed by atoms with Crippen LogP contribution in [0.2, 0.25) is 0 Å². The normalized spacial score (nSPS) is 22.6. The molecule has 1 aromatic carbocycles. The van der Waals surface area contributed by atoms with Gasteiger partial charge in [-0.05, 0) is 74.1 Å². The summed E-state index contributed by atoms with van der Waals surface area (Å²) in [5, 5.41) is 0. The molecular formula is C19H27NO2. The van der Waals surface area contributed by atoms with E-state index >= 15 is 0 Å². The smallest absolute Gasteiger partial charge is 0.306 e. The molecule has 3 nitrogen and oxygen atoms in total. The van der Waals surface area contributed by atoms with E-state index in [0.717, 1.165) is 37.8 Å². The Kier molecular flexibility index (Phi) is 5.01. The molecule has 1 aromatic rings. The zero-order valence-corrected chi connectivity index (χ0v) is 13.4. The van der Waals surface area contributed by atoms with E-state index in [9.17, 15) is 4.79 Å². The number of aryl methyl sites for hydroxylation is 1. The minimum absolute atomic E-state index is 0.00394. The van der Waals surface area contributed by atoms with E-state index in [1.165, 1.54) is 36.8 Å². The molecule has 1 unspecified atom stereocenters. The van der Waals surface area contributed by atoms with Crippen molar-refractivity contribution >= 4 is 11.7 Å². The van der Waals surface area contributed by atoms with E-state index in [4.69, 9.17) is 10.5 Å². The molecular weight excluding hydrogens is 274 g/mol. The lowest BCUT2D eigenvalue weighted by Gasteiger charge is -2.25. The fourth-order valence-electron chi connectivity index (χ4n) is 3.86. The Hall–Kier alpha value is -1.51. The molecule has 2 N–H and O–H groups in total. The minimum Gasteiger partial charge on any atom is -0.462 e. The van der Waals surface area contributed by atoms with Gasteiger partial charge in [0.1, 0.15) is 6.10 Å². The molecule has 1 atom stereocenters. The Morgan fingerprint density at radius 3 is 2.64 bits per heavy atom. The van der Waals surface area contributed by atoms with E-state index in [0.29, 0.717) is 12.3 Å². The van der Waals surface area contributed by atoms with Crippen LogP contribution < -0.4 is 5.73 Å². The van der Waals surface area contributed by atoms with Crippen LogP contribution in [-0.4, -0.2) is 12.1 Å². The molecule has 0 aromatic heterocycles. The van der Waals surface area contributed by atoms with Crippen molar-refractivity contribution in [2.24, 2.45) is 5.92 Å². The largest absolute Gasteiger partial charge is 0.462 e. The van der Waals surface area contributed by atoms with Crippen molar-refractivity contribution in [2.45, 2.75) is 70.3 Å². The molecule has 2 aliphatic rings. The Balaban J connectivity index is 1.52. The average Bonchev–Trinajstić information content (AvgIpc) is 2.75. The highest BCUT2D eigenvalue weighted by Gasteiger charge is 2.24. The molecule has 22 heavy (non-hydrogen) atoms. The quantitative estimate of drug-likeness (QED) is 0.521. The second kappa shape index (κ2) is 7.17. The van der Waals surface area contributed by atoms with Gasteiger partial charge in [0.15, 0.2) is 0 Å². The fraction of sp³-hybridized carbons (Fsp3) is 0.632. The summed E-state index contributed by atoms with van der Waals surface area (Å²) in [6.07, 6.45) is 10.9. The Morgan fingerprint density at radius 2 is 1.86 bits per heavy atom. The van der Waals surface area contributed by atoms with Gasteiger partial charge in [0, 0.05) is 12.1 Å². The van der Waals surface area contributed by atoms with Gasteiger partial charge in [-0.3, -0.25) is 4.79 Å². The van der Waals surface area contributed by atoms with Gasteiger partial charge in [-0.15, -0.1) is 0 Å². The molecule has 1 saturated carbocycles. The summed E-state index contributed by atoms with van der Waals surface area (Å²) < 4.78 is 5.72. The molecule has 0 bridgehead atoms. The van der Waals surface area contributed by atoms with Crippen LogP contribution in [0.25, 0.3) is 0 Å². The third-order valence-electron chi connectivity index (χ3n) is 5.12. The van der Waals surface area contributed by atoms with Gasteiger partial charge in [0.05, 0.1) is 0 Å².